The molecule has 1 aromatic carbocycles. The summed E-state index contributed by atoms with van der Waals surface area (Å²) in [4.78, 5) is 31.1. The molecule has 1 saturated heterocycles. The average Bonchev–Trinajstić information content (AvgIpc) is 3.25. The van der Waals surface area contributed by atoms with E-state index in [2.05, 4.69) is 10.3 Å². The molecule has 2 heterocycles. The first kappa shape index (κ1) is 36.9. The molecule has 0 radical (unpaired) electrons. The number of alkyl halides is 3. The van der Waals surface area contributed by atoms with Crippen LogP contribution in [0.5, 0.6) is 0 Å². The van der Waals surface area contributed by atoms with Gasteiger partial charge in [-0.15, -0.1) is 0 Å². The predicted octanol–water partition coefficient (Wildman–Crippen LogP) is 3.93. The van der Waals surface area contributed by atoms with Crippen molar-refractivity contribution in [2.75, 3.05) is 36.9 Å². The van der Waals surface area contributed by atoms with Crippen molar-refractivity contribution in [3.63, 3.8) is 0 Å². The number of rotatable bonds is 16. The molecule has 2 aliphatic rings. The molecule has 0 bridgehead atoms. The minimum atomic E-state index is -4.10. The molecule has 1 fully saturated rings. The summed E-state index contributed by atoms with van der Waals surface area (Å²) in [6.45, 7) is 4.89. The molecule has 254 valence electrons. The van der Waals surface area contributed by atoms with Crippen LogP contribution in [0.4, 0.5) is 18.9 Å². The van der Waals surface area contributed by atoms with Gasteiger partial charge in [-0.2, -0.15) is 13.2 Å². The highest BCUT2D eigenvalue weighted by Gasteiger charge is 2.47. The summed E-state index contributed by atoms with van der Waals surface area (Å²) in [7, 11) is -3.62. The van der Waals surface area contributed by atoms with E-state index in [1.807, 2.05) is 13.8 Å². The van der Waals surface area contributed by atoms with Crippen LogP contribution in [0.25, 0.3) is 0 Å². The zero-order valence-corrected chi connectivity index (χ0v) is 27.3. The smallest absolute Gasteiger partial charge is 0.389 e. The van der Waals surface area contributed by atoms with E-state index < -0.39 is 40.9 Å². The summed E-state index contributed by atoms with van der Waals surface area (Å²) in [6.07, 6.45) is -0.652. The molecule has 2 amide bonds. The van der Waals surface area contributed by atoms with Crippen LogP contribution in [0.1, 0.15) is 87.8 Å². The summed E-state index contributed by atoms with van der Waals surface area (Å²) < 4.78 is 64.7. The Morgan fingerprint density at radius 3 is 2.20 bits per heavy atom. The van der Waals surface area contributed by atoms with Crippen LogP contribution in [0.2, 0.25) is 0 Å². The normalized spacial score (nSPS) is 17.8. The quantitative estimate of drug-likeness (QED) is 0.230. The Hall–Kier alpha value is -2.55. The van der Waals surface area contributed by atoms with Crippen molar-refractivity contribution in [2.24, 2.45) is 4.99 Å². The largest absolute Gasteiger partial charge is 0.394 e. The van der Waals surface area contributed by atoms with Crippen molar-refractivity contribution in [1.82, 2.24) is 9.62 Å². The van der Waals surface area contributed by atoms with Crippen LogP contribution in [-0.4, -0.2) is 90.4 Å². The molecule has 0 saturated carbocycles. The number of nitrogens with zero attached hydrogens (tertiary/aromatic N) is 3. The fraction of sp³-hybridized carbons (Fsp3) is 0.710. The summed E-state index contributed by atoms with van der Waals surface area (Å²) in [5, 5.41) is 21.9. The molecule has 0 aromatic heterocycles. The van der Waals surface area contributed by atoms with Gasteiger partial charge in [-0.1, -0.05) is 25.7 Å². The van der Waals surface area contributed by atoms with Crippen molar-refractivity contribution in [3.05, 3.63) is 28.8 Å². The monoisotopic (exact) mass is 660 g/mol. The van der Waals surface area contributed by atoms with E-state index in [0.717, 1.165) is 42.4 Å². The van der Waals surface area contributed by atoms with E-state index in [4.69, 9.17) is 0 Å². The fourth-order valence-corrected chi connectivity index (χ4v) is 7.53. The van der Waals surface area contributed by atoms with Crippen molar-refractivity contribution in [3.8, 4) is 0 Å². The van der Waals surface area contributed by atoms with Gasteiger partial charge in [0.25, 0.3) is 5.91 Å². The van der Waals surface area contributed by atoms with Crippen molar-refractivity contribution >= 4 is 33.4 Å². The lowest BCUT2D eigenvalue weighted by atomic mass is 9.89. The number of aliphatic imine (C=N–C) groups is 1. The third-order valence-corrected chi connectivity index (χ3v) is 10.6. The zero-order valence-electron chi connectivity index (χ0n) is 26.5. The number of amides is 2. The first-order valence-corrected chi connectivity index (χ1v) is 17.3. The SMILES string of the molecule is CC(=O)N(CC(O)CO)c1cc(C)c(CCS(=O)(=O)N2CCC3(CC2)N=C(CCCCCCCCC(F)(F)F)NC3=O)c(C)c1. The third-order valence-electron chi connectivity index (χ3n) is 8.68. The number of hydrogen-bond acceptors (Lipinski definition) is 7. The van der Waals surface area contributed by atoms with Crippen molar-refractivity contribution in [1.29, 1.82) is 0 Å². The number of halogens is 3. The number of piperidine rings is 1. The first-order chi connectivity index (χ1) is 21.1. The number of hydrogen-bond donors (Lipinski definition) is 3. The van der Waals surface area contributed by atoms with Crippen molar-refractivity contribution in [2.45, 2.75) is 109 Å². The molecule has 1 aromatic rings. The van der Waals surface area contributed by atoms with E-state index in [9.17, 15) is 41.4 Å². The molecule has 2 aliphatic heterocycles. The van der Waals surface area contributed by atoms with Gasteiger partial charge in [-0.3, -0.25) is 14.6 Å². The lowest BCUT2D eigenvalue weighted by Gasteiger charge is -2.34. The lowest BCUT2D eigenvalue weighted by molar-refractivity contribution is -0.135. The number of unbranched alkanes of at least 4 members (excludes halogenated alkanes) is 5. The minimum absolute atomic E-state index is 0.0601. The highest BCUT2D eigenvalue weighted by Crippen LogP contribution is 2.32. The number of amidine groups is 1. The van der Waals surface area contributed by atoms with Gasteiger partial charge in [0, 0.05) is 38.5 Å². The Bertz CT molecular complexity index is 1300. The Morgan fingerprint density at radius 1 is 1.07 bits per heavy atom. The number of nitrogens with one attached hydrogen (secondary N) is 1. The molecule has 1 atom stereocenters. The van der Waals surface area contributed by atoms with Gasteiger partial charge in [0.05, 0.1) is 25.0 Å². The van der Waals surface area contributed by atoms with Crippen molar-refractivity contribution < 1.29 is 41.4 Å². The number of aliphatic hydroxyl groups excluding tert-OH is 2. The van der Waals surface area contributed by atoms with Gasteiger partial charge < -0.3 is 20.4 Å². The van der Waals surface area contributed by atoms with E-state index >= 15 is 0 Å². The number of benzene rings is 1. The summed E-state index contributed by atoms with van der Waals surface area (Å²) >= 11 is 0. The van der Waals surface area contributed by atoms with Gasteiger partial charge in [-0.25, -0.2) is 12.7 Å². The molecule has 1 unspecified atom stereocenters. The summed E-state index contributed by atoms with van der Waals surface area (Å²) in [5.41, 5.74) is 2.08. The number of anilines is 1. The van der Waals surface area contributed by atoms with E-state index in [0.29, 0.717) is 24.4 Å². The van der Waals surface area contributed by atoms with Gasteiger partial charge >= 0.3 is 6.18 Å². The second-order valence-corrected chi connectivity index (χ2v) is 14.4. The van der Waals surface area contributed by atoms with E-state index in [1.54, 1.807) is 12.1 Å². The molecule has 3 N–H and O–H groups in total. The van der Waals surface area contributed by atoms with Crippen LogP contribution >= 0.6 is 0 Å². The molecule has 1 spiro atoms. The third kappa shape index (κ3) is 10.5. The molecular formula is C31H47F3N4O6S. The second kappa shape index (κ2) is 15.8. The summed E-state index contributed by atoms with van der Waals surface area (Å²) in [5.74, 6) is -0.0168. The Balaban J connectivity index is 1.50. The maximum Gasteiger partial charge on any atom is 0.389 e. The maximum atomic E-state index is 13.3. The summed E-state index contributed by atoms with van der Waals surface area (Å²) in [6, 6.07) is 3.55. The fourth-order valence-electron chi connectivity index (χ4n) is 6.07. The molecule has 10 nitrogen and oxygen atoms in total. The van der Waals surface area contributed by atoms with Crippen LogP contribution in [-0.2, 0) is 26.0 Å². The number of sulfonamides is 1. The van der Waals surface area contributed by atoms with E-state index in [-0.39, 0.29) is 62.9 Å². The van der Waals surface area contributed by atoms with Gasteiger partial charge in [0.15, 0.2) is 0 Å². The van der Waals surface area contributed by atoms with E-state index in [1.165, 1.54) is 16.1 Å². The second-order valence-electron chi connectivity index (χ2n) is 12.3. The lowest BCUT2D eigenvalue weighted by Crippen LogP contribution is -2.50. The highest BCUT2D eigenvalue weighted by molar-refractivity contribution is 7.89. The highest BCUT2D eigenvalue weighted by atomic mass is 32.2. The zero-order chi connectivity index (χ0) is 33.4. The van der Waals surface area contributed by atoms with Gasteiger partial charge in [0.2, 0.25) is 15.9 Å². The molecule has 3 rings (SSSR count). The number of carbonyl (C=O) groups excluding carboxylic acids is 2. The number of carbonyl (C=O) groups is 2. The molecular weight excluding hydrogens is 613 g/mol. The number of aliphatic hydroxyl groups is 2. The molecule has 45 heavy (non-hydrogen) atoms. The predicted molar refractivity (Wildman–Crippen MR) is 167 cm³/mol. The molecule has 14 heteroatoms. The Morgan fingerprint density at radius 2 is 1.64 bits per heavy atom. The Labute approximate surface area is 264 Å². The molecule has 0 aliphatic carbocycles. The van der Waals surface area contributed by atoms with Gasteiger partial charge in [-0.05, 0) is 74.8 Å². The van der Waals surface area contributed by atoms with Crippen LogP contribution in [0.15, 0.2) is 17.1 Å². The van der Waals surface area contributed by atoms with Gasteiger partial charge in [0.1, 0.15) is 11.4 Å². The topological polar surface area (TPSA) is 140 Å². The Kier molecular flexibility index (Phi) is 13.0. The number of aryl methyl sites for hydroxylation is 2. The van der Waals surface area contributed by atoms with Crippen LogP contribution < -0.4 is 10.2 Å². The first-order valence-electron chi connectivity index (χ1n) is 15.7. The van der Waals surface area contributed by atoms with Crippen LogP contribution in [0, 0.1) is 13.8 Å². The maximum absolute atomic E-state index is 13.3. The average molecular weight is 661 g/mol. The minimum Gasteiger partial charge on any atom is -0.394 e. The van der Waals surface area contributed by atoms with Crippen LogP contribution in [0.3, 0.4) is 0 Å². The standard InChI is InChI=1S/C31H47F3N4O6S/c1-22-18-25(38(24(3)40)20-26(41)21-39)19-23(2)27(22)11-17-45(43,44)37-15-13-30(14-16-37)29(42)35-28(36-30)10-8-6-4-5-7-9-12-31(32,33)34/h18-19,26,39,41H,4-17,20-21H2,1-3H3,(H,35,36,42).